The van der Waals surface area contributed by atoms with Crippen molar-refractivity contribution in [1.29, 1.82) is 0 Å². The summed E-state index contributed by atoms with van der Waals surface area (Å²) < 4.78 is 32.3. The number of sulfonamides is 1. The number of anilines is 2. The number of amides is 1. The van der Waals surface area contributed by atoms with Gasteiger partial charge in [-0.05, 0) is 66.2 Å². The van der Waals surface area contributed by atoms with Crippen LogP contribution >= 0.6 is 0 Å². The maximum atomic E-state index is 12.7. The molecule has 1 atom stereocenters. The van der Waals surface area contributed by atoms with Crippen molar-refractivity contribution in [3.05, 3.63) is 96.6 Å². The van der Waals surface area contributed by atoms with Crippen molar-refractivity contribution in [2.45, 2.75) is 13.0 Å². The van der Waals surface area contributed by atoms with E-state index in [4.69, 9.17) is 4.74 Å². The number of hydrogen-bond donors (Lipinski definition) is 3. The zero-order valence-electron chi connectivity index (χ0n) is 19.9. The Morgan fingerprint density at radius 2 is 1.53 bits per heavy atom. The van der Waals surface area contributed by atoms with Gasteiger partial charge in [-0.2, -0.15) is 0 Å². The average molecular weight is 506 g/mol. The number of rotatable bonds is 9. The van der Waals surface area contributed by atoms with Gasteiger partial charge in [0.25, 0.3) is 5.91 Å². The maximum Gasteiger partial charge on any atom is 0.267 e. The predicted octanol–water partition coefficient (Wildman–Crippen LogP) is 4.69. The highest BCUT2D eigenvalue weighted by molar-refractivity contribution is 7.92. The standard InChI is InChI=1S/C27H27N3O5S/c1-19-7-13-24(14-8-19)35-25-15-11-23(12-16-25)30(36(2,33)34)18-26(27(31)29-32)28-22-10-9-20-5-3-4-6-21(20)17-22/h3-17,26,28,32H,18H2,1-2H3,(H,29,31). The average Bonchev–Trinajstić information content (AvgIpc) is 2.87. The Hall–Kier alpha value is -4.08. The minimum Gasteiger partial charge on any atom is -0.457 e. The monoisotopic (exact) mass is 505 g/mol. The Bertz CT molecular complexity index is 1460. The lowest BCUT2D eigenvalue weighted by Crippen LogP contribution is -2.48. The van der Waals surface area contributed by atoms with Gasteiger partial charge in [-0.3, -0.25) is 14.3 Å². The first-order chi connectivity index (χ1) is 17.2. The van der Waals surface area contributed by atoms with Crippen LogP contribution < -0.4 is 19.8 Å². The fourth-order valence-corrected chi connectivity index (χ4v) is 4.70. The van der Waals surface area contributed by atoms with Crippen LogP contribution in [0.5, 0.6) is 11.5 Å². The van der Waals surface area contributed by atoms with Crippen LogP contribution in [0.4, 0.5) is 11.4 Å². The van der Waals surface area contributed by atoms with Crippen LogP contribution in [0.25, 0.3) is 10.8 Å². The topological polar surface area (TPSA) is 108 Å². The highest BCUT2D eigenvalue weighted by Gasteiger charge is 2.27. The summed E-state index contributed by atoms with van der Waals surface area (Å²) in [6, 6.07) is 26.3. The molecule has 1 unspecified atom stereocenters. The third-order valence-electron chi connectivity index (χ3n) is 5.65. The Labute approximate surface area is 210 Å². The SMILES string of the molecule is Cc1ccc(Oc2ccc(N(CC(Nc3ccc4ccccc4c3)C(=O)NO)S(C)(=O)=O)cc2)cc1. The van der Waals surface area contributed by atoms with Gasteiger partial charge in [0.05, 0.1) is 18.5 Å². The number of benzene rings is 4. The largest absolute Gasteiger partial charge is 0.457 e. The normalized spacial score (nSPS) is 12.1. The third kappa shape index (κ3) is 6.12. The fourth-order valence-electron chi connectivity index (χ4n) is 3.77. The lowest BCUT2D eigenvalue weighted by molar-refractivity contribution is -0.129. The first-order valence-corrected chi connectivity index (χ1v) is 13.1. The summed E-state index contributed by atoms with van der Waals surface area (Å²) in [5.74, 6) is 0.429. The van der Waals surface area contributed by atoms with Crippen LogP contribution in [0.1, 0.15) is 5.56 Å². The number of carbonyl (C=O) groups is 1. The second-order valence-electron chi connectivity index (χ2n) is 8.44. The molecule has 186 valence electrons. The zero-order chi connectivity index (χ0) is 25.7. The molecule has 0 aliphatic carbocycles. The summed E-state index contributed by atoms with van der Waals surface area (Å²) in [5.41, 5.74) is 3.70. The van der Waals surface area contributed by atoms with E-state index in [1.54, 1.807) is 35.8 Å². The van der Waals surface area contributed by atoms with Crippen molar-refractivity contribution in [3.8, 4) is 11.5 Å². The van der Waals surface area contributed by atoms with E-state index in [1.165, 1.54) is 0 Å². The zero-order valence-corrected chi connectivity index (χ0v) is 20.7. The van der Waals surface area contributed by atoms with E-state index in [0.29, 0.717) is 22.9 Å². The molecule has 0 saturated heterocycles. The number of aryl methyl sites for hydroxylation is 1. The molecule has 4 rings (SSSR count). The van der Waals surface area contributed by atoms with Gasteiger partial charge in [0.15, 0.2) is 0 Å². The molecule has 4 aromatic rings. The summed E-state index contributed by atoms with van der Waals surface area (Å²) in [5, 5.41) is 14.3. The Balaban J connectivity index is 1.56. The highest BCUT2D eigenvalue weighted by Crippen LogP contribution is 2.27. The molecule has 0 aliphatic rings. The van der Waals surface area contributed by atoms with Gasteiger partial charge in [-0.15, -0.1) is 0 Å². The van der Waals surface area contributed by atoms with Crippen molar-refractivity contribution in [2.75, 3.05) is 22.4 Å². The quantitative estimate of drug-likeness (QED) is 0.225. The number of hydroxylamine groups is 1. The third-order valence-corrected chi connectivity index (χ3v) is 6.81. The smallest absolute Gasteiger partial charge is 0.267 e. The first-order valence-electron chi connectivity index (χ1n) is 11.2. The first kappa shape index (κ1) is 25.0. The number of nitrogens with one attached hydrogen (secondary N) is 2. The molecule has 0 fully saturated rings. The molecule has 36 heavy (non-hydrogen) atoms. The van der Waals surface area contributed by atoms with Gasteiger partial charge in [-0.25, -0.2) is 13.9 Å². The van der Waals surface area contributed by atoms with Gasteiger partial charge in [0.1, 0.15) is 17.5 Å². The summed E-state index contributed by atoms with van der Waals surface area (Å²) in [6.07, 6.45) is 1.06. The molecule has 0 saturated carbocycles. The number of fused-ring (bicyclic) bond motifs is 1. The molecule has 0 bridgehead atoms. The molecule has 1 amide bonds. The van der Waals surface area contributed by atoms with Crippen LogP contribution in [-0.2, 0) is 14.8 Å². The second kappa shape index (κ2) is 10.7. The van der Waals surface area contributed by atoms with Gasteiger partial charge in [0, 0.05) is 5.69 Å². The van der Waals surface area contributed by atoms with E-state index < -0.39 is 22.0 Å². The molecule has 8 nitrogen and oxygen atoms in total. The van der Waals surface area contributed by atoms with E-state index >= 15 is 0 Å². The van der Waals surface area contributed by atoms with Crippen LogP contribution in [0.2, 0.25) is 0 Å². The van der Waals surface area contributed by atoms with Gasteiger partial charge in [-0.1, -0.05) is 48.0 Å². The van der Waals surface area contributed by atoms with Crippen molar-refractivity contribution < 1.29 is 23.2 Å². The number of hydrogen-bond acceptors (Lipinski definition) is 6. The van der Waals surface area contributed by atoms with Crippen molar-refractivity contribution >= 4 is 38.1 Å². The molecule has 0 radical (unpaired) electrons. The number of ether oxygens (including phenoxy) is 1. The van der Waals surface area contributed by atoms with Crippen LogP contribution in [0.3, 0.4) is 0 Å². The van der Waals surface area contributed by atoms with E-state index in [-0.39, 0.29) is 6.54 Å². The lowest BCUT2D eigenvalue weighted by atomic mass is 10.1. The highest BCUT2D eigenvalue weighted by atomic mass is 32.2. The molecule has 9 heteroatoms. The lowest BCUT2D eigenvalue weighted by Gasteiger charge is -2.27. The van der Waals surface area contributed by atoms with Crippen molar-refractivity contribution in [2.24, 2.45) is 0 Å². The summed E-state index contributed by atoms with van der Waals surface area (Å²) in [6.45, 7) is 1.73. The minimum atomic E-state index is -3.77. The van der Waals surface area contributed by atoms with Gasteiger partial charge < -0.3 is 10.1 Å². The summed E-state index contributed by atoms with van der Waals surface area (Å²) in [7, 11) is -3.77. The van der Waals surface area contributed by atoms with Crippen LogP contribution in [-0.4, -0.2) is 38.4 Å². The number of nitrogens with zero attached hydrogens (tertiary/aromatic N) is 1. The minimum absolute atomic E-state index is 0.254. The molecular weight excluding hydrogens is 478 g/mol. The molecule has 3 N–H and O–H groups in total. The maximum absolute atomic E-state index is 12.7. The molecule has 0 spiro atoms. The van der Waals surface area contributed by atoms with Crippen molar-refractivity contribution in [1.82, 2.24) is 5.48 Å². The fraction of sp³-hybridized carbons (Fsp3) is 0.148. The van der Waals surface area contributed by atoms with E-state index in [9.17, 15) is 18.4 Å². The molecule has 0 heterocycles. The van der Waals surface area contributed by atoms with Gasteiger partial charge in [0.2, 0.25) is 10.0 Å². The van der Waals surface area contributed by atoms with E-state index in [0.717, 1.165) is 26.9 Å². The Kier molecular flexibility index (Phi) is 7.42. The molecular formula is C27H27N3O5S. The molecule has 4 aromatic carbocycles. The Morgan fingerprint density at radius 1 is 0.917 bits per heavy atom. The van der Waals surface area contributed by atoms with Crippen molar-refractivity contribution in [3.63, 3.8) is 0 Å². The van der Waals surface area contributed by atoms with E-state index in [1.807, 2.05) is 67.6 Å². The summed E-state index contributed by atoms with van der Waals surface area (Å²) >= 11 is 0. The molecule has 0 aromatic heterocycles. The molecule has 0 aliphatic heterocycles. The summed E-state index contributed by atoms with van der Waals surface area (Å²) in [4.78, 5) is 12.5. The Morgan fingerprint density at radius 3 is 2.14 bits per heavy atom. The van der Waals surface area contributed by atoms with E-state index in [2.05, 4.69) is 5.32 Å². The predicted molar refractivity (Wildman–Crippen MR) is 141 cm³/mol. The second-order valence-corrected chi connectivity index (χ2v) is 10.3. The van der Waals surface area contributed by atoms with Gasteiger partial charge >= 0.3 is 0 Å². The van der Waals surface area contributed by atoms with Crippen LogP contribution in [0.15, 0.2) is 91.0 Å². The van der Waals surface area contributed by atoms with Crippen LogP contribution in [0, 0.1) is 6.92 Å². The number of carbonyl (C=O) groups excluding carboxylic acids is 1.